The van der Waals surface area contributed by atoms with E-state index in [1.165, 1.54) is 5.56 Å². The van der Waals surface area contributed by atoms with Gasteiger partial charge in [0.15, 0.2) is 0 Å². The fourth-order valence-electron chi connectivity index (χ4n) is 1.83. The summed E-state index contributed by atoms with van der Waals surface area (Å²) in [7, 11) is 2.11. The molecule has 3 heteroatoms. The van der Waals surface area contributed by atoms with Gasteiger partial charge in [0.2, 0.25) is 0 Å². The van der Waals surface area contributed by atoms with Gasteiger partial charge in [-0.25, -0.2) is 0 Å². The van der Waals surface area contributed by atoms with Crippen molar-refractivity contribution in [2.75, 3.05) is 26.7 Å². The lowest BCUT2D eigenvalue weighted by Crippen LogP contribution is -2.35. The molecule has 0 saturated carbocycles. The number of rotatable bonds is 6. The van der Waals surface area contributed by atoms with E-state index in [0.717, 1.165) is 24.0 Å². The molecule has 0 amide bonds. The van der Waals surface area contributed by atoms with Crippen molar-refractivity contribution in [1.29, 1.82) is 0 Å². The fraction of sp³-hybridized carbons (Fsp3) is 0.571. The van der Waals surface area contributed by atoms with Crippen LogP contribution in [-0.2, 0) is 6.42 Å². The third kappa shape index (κ3) is 5.66. The molecule has 1 rings (SSSR count). The minimum atomic E-state index is -0.0194. The maximum atomic E-state index is 9.23. The lowest BCUT2D eigenvalue weighted by Gasteiger charge is -2.28. The topological polar surface area (TPSA) is 23.5 Å². The van der Waals surface area contributed by atoms with Crippen molar-refractivity contribution in [2.45, 2.75) is 20.3 Å². The second kappa shape index (κ2) is 6.53. The molecule has 0 unspecified atom stereocenters. The molecule has 0 radical (unpaired) electrons. The van der Waals surface area contributed by atoms with Crippen molar-refractivity contribution in [2.24, 2.45) is 5.41 Å². The second-order valence-electron chi connectivity index (χ2n) is 5.44. The summed E-state index contributed by atoms with van der Waals surface area (Å²) >= 11 is 3.44. The van der Waals surface area contributed by atoms with E-state index >= 15 is 0 Å². The Hall–Kier alpha value is -0.380. The van der Waals surface area contributed by atoms with E-state index < -0.39 is 0 Å². The number of halogens is 1. The standard InChI is InChI=1S/C14H22BrNO/c1-14(2,11-17)10-16(3)9-8-12-4-6-13(15)7-5-12/h4-7,17H,8-11H2,1-3H3. The van der Waals surface area contributed by atoms with Crippen LogP contribution in [0.15, 0.2) is 28.7 Å². The van der Waals surface area contributed by atoms with E-state index in [1.807, 2.05) is 0 Å². The van der Waals surface area contributed by atoms with Crippen molar-refractivity contribution >= 4 is 15.9 Å². The molecule has 2 nitrogen and oxygen atoms in total. The third-order valence-corrected chi connectivity index (χ3v) is 3.35. The molecule has 0 aliphatic heterocycles. The Balaban J connectivity index is 2.38. The van der Waals surface area contributed by atoms with Gasteiger partial charge in [-0.3, -0.25) is 0 Å². The Morgan fingerprint density at radius 1 is 1.24 bits per heavy atom. The lowest BCUT2D eigenvalue weighted by molar-refractivity contribution is 0.116. The van der Waals surface area contributed by atoms with E-state index in [1.54, 1.807) is 0 Å². The zero-order valence-electron chi connectivity index (χ0n) is 10.9. The summed E-state index contributed by atoms with van der Waals surface area (Å²) in [4.78, 5) is 2.28. The van der Waals surface area contributed by atoms with E-state index in [9.17, 15) is 5.11 Å². The highest BCUT2D eigenvalue weighted by Gasteiger charge is 2.18. The number of likely N-dealkylation sites (N-methyl/N-ethyl adjacent to an activating group) is 1. The molecule has 0 spiro atoms. The predicted molar refractivity (Wildman–Crippen MR) is 76.2 cm³/mol. The minimum Gasteiger partial charge on any atom is -0.396 e. The Morgan fingerprint density at radius 2 is 1.82 bits per heavy atom. The van der Waals surface area contributed by atoms with Crippen LogP contribution in [0.3, 0.4) is 0 Å². The maximum absolute atomic E-state index is 9.23. The first-order chi connectivity index (χ1) is 7.93. The molecule has 0 heterocycles. The van der Waals surface area contributed by atoms with Crippen LogP contribution in [0.1, 0.15) is 19.4 Å². The Morgan fingerprint density at radius 3 is 2.35 bits per heavy atom. The van der Waals surface area contributed by atoms with Crippen molar-refractivity contribution in [3.05, 3.63) is 34.3 Å². The summed E-state index contributed by atoms with van der Waals surface area (Å²) in [5.74, 6) is 0. The number of aliphatic hydroxyl groups is 1. The summed E-state index contributed by atoms with van der Waals surface area (Å²) in [6.45, 7) is 6.34. The van der Waals surface area contributed by atoms with Crippen LogP contribution in [0.25, 0.3) is 0 Å². The second-order valence-corrected chi connectivity index (χ2v) is 6.35. The van der Waals surface area contributed by atoms with Crippen LogP contribution >= 0.6 is 15.9 Å². The number of benzene rings is 1. The molecule has 0 atom stereocenters. The SMILES string of the molecule is CN(CCc1ccc(Br)cc1)CC(C)(C)CO. The summed E-state index contributed by atoms with van der Waals surface area (Å²) in [6.07, 6.45) is 1.05. The van der Waals surface area contributed by atoms with Crippen molar-refractivity contribution in [3.8, 4) is 0 Å². The average molecular weight is 300 g/mol. The fourth-order valence-corrected chi connectivity index (χ4v) is 2.10. The highest BCUT2D eigenvalue weighted by atomic mass is 79.9. The zero-order chi connectivity index (χ0) is 12.9. The summed E-state index contributed by atoms with van der Waals surface area (Å²) in [6, 6.07) is 8.45. The van der Waals surface area contributed by atoms with Gasteiger partial charge in [0.1, 0.15) is 0 Å². The van der Waals surface area contributed by atoms with Gasteiger partial charge in [0.25, 0.3) is 0 Å². The lowest BCUT2D eigenvalue weighted by atomic mass is 9.94. The highest BCUT2D eigenvalue weighted by molar-refractivity contribution is 9.10. The summed E-state index contributed by atoms with van der Waals surface area (Å²) in [5, 5.41) is 9.23. The van der Waals surface area contributed by atoms with E-state index in [-0.39, 0.29) is 12.0 Å². The summed E-state index contributed by atoms with van der Waals surface area (Å²) < 4.78 is 1.12. The molecule has 0 aliphatic rings. The van der Waals surface area contributed by atoms with Gasteiger partial charge in [-0.15, -0.1) is 0 Å². The smallest absolute Gasteiger partial charge is 0.0494 e. The molecular formula is C14H22BrNO. The molecule has 1 aromatic carbocycles. The van der Waals surface area contributed by atoms with Crippen LogP contribution in [-0.4, -0.2) is 36.8 Å². The van der Waals surface area contributed by atoms with Gasteiger partial charge < -0.3 is 10.0 Å². The van der Waals surface area contributed by atoms with Gasteiger partial charge in [0.05, 0.1) is 0 Å². The molecule has 0 bridgehead atoms. The molecule has 0 fully saturated rings. The first kappa shape index (κ1) is 14.7. The molecule has 0 aromatic heterocycles. The Labute approximate surface area is 113 Å². The zero-order valence-corrected chi connectivity index (χ0v) is 12.5. The third-order valence-electron chi connectivity index (χ3n) is 2.82. The molecule has 1 N–H and O–H groups in total. The van der Waals surface area contributed by atoms with Crippen molar-refractivity contribution in [3.63, 3.8) is 0 Å². The quantitative estimate of drug-likeness (QED) is 0.873. The minimum absolute atomic E-state index is 0.0194. The van der Waals surface area contributed by atoms with Crippen LogP contribution in [0.2, 0.25) is 0 Å². The Bertz CT molecular complexity index is 335. The van der Waals surface area contributed by atoms with Crippen molar-refractivity contribution < 1.29 is 5.11 Å². The summed E-state index contributed by atoms with van der Waals surface area (Å²) in [5.41, 5.74) is 1.33. The van der Waals surface area contributed by atoms with Gasteiger partial charge in [-0.05, 0) is 31.2 Å². The number of hydrogen-bond acceptors (Lipinski definition) is 2. The van der Waals surface area contributed by atoms with Gasteiger partial charge >= 0.3 is 0 Å². The van der Waals surface area contributed by atoms with Crippen LogP contribution in [0.5, 0.6) is 0 Å². The predicted octanol–water partition coefficient (Wildman–Crippen LogP) is 2.94. The van der Waals surface area contributed by atoms with E-state index in [4.69, 9.17) is 0 Å². The maximum Gasteiger partial charge on any atom is 0.0494 e. The number of hydrogen-bond donors (Lipinski definition) is 1. The van der Waals surface area contributed by atoms with Crippen LogP contribution < -0.4 is 0 Å². The first-order valence-corrected chi connectivity index (χ1v) is 6.76. The molecule has 96 valence electrons. The monoisotopic (exact) mass is 299 g/mol. The average Bonchev–Trinajstić information content (AvgIpc) is 2.28. The molecule has 0 saturated heterocycles. The normalized spacial score (nSPS) is 12.1. The van der Waals surface area contributed by atoms with E-state index in [2.05, 4.69) is 66.0 Å². The number of aliphatic hydroxyl groups excluding tert-OH is 1. The van der Waals surface area contributed by atoms with Crippen LogP contribution in [0, 0.1) is 5.41 Å². The molecular weight excluding hydrogens is 278 g/mol. The largest absolute Gasteiger partial charge is 0.396 e. The number of nitrogens with zero attached hydrogens (tertiary/aromatic N) is 1. The molecule has 0 aliphatic carbocycles. The van der Waals surface area contributed by atoms with Gasteiger partial charge in [-0.2, -0.15) is 0 Å². The van der Waals surface area contributed by atoms with Gasteiger partial charge in [-0.1, -0.05) is 41.9 Å². The highest BCUT2D eigenvalue weighted by Crippen LogP contribution is 2.15. The Kier molecular flexibility index (Phi) is 5.63. The van der Waals surface area contributed by atoms with Crippen molar-refractivity contribution in [1.82, 2.24) is 4.90 Å². The molecule has 1 aromatic rings. The van der Waals surface area contributed by atoms with Gasteiger partial charge in [0, 0.05) is 29.6 Å². The van der Waals surface area contributed by atoms with Crippen LogP contribution in [0.4, 0.5) is 0 Å². The molecule has 17 heavy (non-hydrogen) atoms. The first-order valence-electron chi connectivity index (χ1n) is 5.97. The van der Waals surface area contributed by atoms with E-state index in [0.29, 0.717) is 0 Å².